The number of unbranched alkanes of at least 4 members (excludes halogenated alkanes) is 1. The molecule has 0 saturated carbocycles. The van der Waals surface area contributed by atoms with Crippen molar-refractivity contribution in [1.29, 1.82) is 0 Å². The van der Waals surface area contributed by atoms with E-state index in [0.717, 1.165) is 12.8 Å². The van der Waals surface area contributed by atoms with E-state index in [-0.39, 0.29) is 5.75 Å². The predicted molar refractivity (Wildman–Crippen MR) is 94.3 cm³/mol. The SMILES string of the molecule is CCCCOC(=O)c1ccc(NS(=O)(=O)Cc2ccccc2)cc1. The molecular formula is C18H21NO4S. The molecule has 0 bridgehead atoms. The fourth-order valence-electron chi connectivity index (χ4n) is 2.08. The van der Waals surface area contributed by atoms with E-state index in [2.05, 4.69) is 4.72 Å². The van der Waals surface area contributed by atoms with Gasteiger partial charge in [0, 0.05) is 5.69 Å². The number of nitrogens with one attached hydrogen (secondary N) is 1. The van der Waals surface area contributed by atoms with Crippen LogP contribution in [0, 0.1) is 0 Å². The standard InChI is InChI=1S/C18H21NO4S/c1-2-3-13-23-18(20)16-9-11-17(12-10-16)19-24(21,22)14-15-7-5-4-6-8-15/h4-12,19H,2-3,13-14H2,1H3. The number of carbonyl (C=O) groups excluding carboxylic acids is 1. The van der Waals surface area contributed by atoms with Crippen LogP contribution in [0.4, 0.5) is 5.69 Å². The Hall–Kier alpha value is -2.34. The first-order valence-electron chi connectivity index (χ1n) is 7.82. The molecule has 0 heterocycles. The molecule has 2 aromatic rings. The highest BCUT2D eigenvalue weighted by molar-refractivity contribution is 7.91. The van der Waals surface area contributed by atoms with Crippen molar-refractivity contribution >= 4 is 21.7 Å². The number of anilines is 1. The molecule has 0 aliphatic rings. The topological polar surface area (TPSA) is 72.5 Å². The van der Waals surface area contributed by atoms with Gasteiger partial charge in [0.2, 0.25) is 10.0 Å². The maximum absolute atomic E-state index is 12.2. The normalized spacial score (nSPS) is 11.0. The summed E-state index contributed by atoms with van der Waals surface area (Å²) in [7, 11) is -3.50. The summed E-state index contributed by atoms with van der Waals surface area (Å²) in [6, 6.07) is 15.2. The Kier molecular flexibility index (Phi) is 6.37. The molecule has 24 heavy (non-hydrogen) atoms. The van der Waals surface area contributed by atoms with E-state index >= 15 is 0 Å². The lowest BCUT2D eigenvalue weighted by Gasteiger charge is -2.09. The third-order valence-electron chi connectivity index (χ3n) is 3.32. The minimum absolute atomic E-state index is 0.103. The van der Waals surface area contributed by atoms with Crippen LogP contribution < -0.4 is 4.72 Å². The summed E-state index contributed by atoms with van der Waals surface area (Å²) in [6.45, 7) is 2.41. The second-order valence-corrected chi connectivity index (χ2v) is 7.14. The Balaban J connectivity index is 1.96. The van der Waals surface area contributed by atoms with Crippen LogP contribution in [0.3, 0.4) is 0 Å². The number of hydrogen-bond acceptors (Lipinski definition) is 4. The molecule has 0 spiro atoms. The van der Waals surface area contributed by atoms with E-state index in [1.165, 1.54) is 0 Å². The van der Waals surface area contributed by atoms with Crippen LogP contribution >= 0.6 is 0 Å². The average Bonchev–Trinajstić information content (AvgIpc) is 2.55. The van der Waals surface area contributed by atoms with E-state index in [9.17, 15) is 13.2 Å². The summed E-state index contributed by atoms with van der Waals surface area (Å²) in [5.41, 5.74) is 1.52. The summed E-state index contributed by atoms with van der Waals surface area (Å²) >= 11 is 0. The van der Waals surface area contributed by atoms with Crippen molar-refractivity contribution < 1.29 is 17.9 Å². The van der Waals surface area contributed by atoms with Crippen molar-refractivity contribution in [2.75, 3.05) is 11.3 Å². The minimum atomic E-state index is -3.50. The molecule has 0 amide bonds. The van der Waals surface area contributed by atoms with E-state index in [0.29, 0.717) is 23.4 Å². The number of carbonyl (C=O) groups is 1. The quantitative estimate of drug-likeness (QED) is 0.585. The molecule has 0 atom stereocenters. The third kappa shape index (κ3) is 5.70. The Morgan fingerprint density at radius 1 is 1.04 bits per heavy atom. The fraction of sp³-hybridized carbons (Fsp3) is 0.278. The van der Waals surface area contributed by atoms with Crippen molar-refractivity contribution in [1.82, 2.24) is 0 Å². The number of benzene rings is 2. The van der Waals surface area contributed by atoms with Crippen LogP contribution in [0.25, 0.3) is 0 Å². The van der Waals surface area contributed by atoms with Gasteiger partial charge in [0.15, 0.2) is 0 Å². The molecule has 0 radical (unpaired) electrons. The van der Waals surface area contributed by atoms with Crippen LogP contribution in [0.15, 0.2) is 54.6 Å². The zero-order valence-corrected chi connectivity index (χ0v) is 14.4. The van der Waals surface area contributed by atoms with Gasteiger partial charge >= 0.3 is 5.97 Å². The van der Waals surface area contributed by atoms with Gasteiger partial charge in [-0.2, -0.15) is 0 Å². The van der Waals surface area contributed by atoms with Crippen molar-refractivity contribution in [3.63, 3.8) is 0 Å². The lowest BCUT2D eigenvalue weighted by molar-refractivity contribution is 0.0500. The Morgan fingerprint density at radius 3 is 2.33 bits per heavy atom. The molecule has 2 rings (SSSR count). The third-order valence-corrected chi connectivity index (χ3v) is 4.58. The zero-order valence-electron chi connectivity index (χ0n) is 13.6. The summed E-state index contributed by atoms with van der Waals surface area (Å²) in [4.78, 5) is 11.8. The predicted octanol–water partition coefficient (Wildman–Crippen LogP) is 3.59. The van der Waals surface area contributed by atoms with Gasteiger partial charge in [-0.1, -0.05) is 43.7 Å². The number of esters is 1. The molecule has 5 nitrogen and oxygen atoms in total. The lowest BCUT2D eigenvalue weighted by Crippen LogP contribution is -2.15. The molecule has 0 aromatic heterocycles. The Morgan fingerprint density at radius 2 is 1.71 bits per heavy atom. The maximum atomic E-state index is 12.2. The smallest absolute Gasteiger partial charge is 0.338 e. The zero-order chi connectivity index (χ0) is 17.4. The first-order chi connectivity index (χ1) is 11.5. The first kappa shape index (κ1) is 18.0. The largest absolute Gasteiger partial charge is 0.462 e. The van der Waals surface area contributed by atoms with Crippen molar-refractivity contribution in [2.24, 2.45) is 0 Å². The number of ether oxygens (including phenoxy) is 1. The van der Waals surface area contributed by atoms with Crippen LogP contribution in [0.5, 0.6) is 0 Å². The monoisotopic (exact) mass is 347 g/mol. The van der Waals surface area contributed by atoms with Gasteiger partial charge in [-0.25, -0.2) is 13.2 Å². The summed E-state index contributed by atoms with van der Waals surface area (Å²) in [5.74, 6) is -0.503. The molecule has 1 N–H and O–H groups in total. The van der Waals surface area contributed by atoms with Gasteiger partial charge in [-0.05, 0) is 36.2 Å². The van der Waals surface area contributed by atoms with E-state index in [4.69, 9.17) is 4.74 Å². The number of rotatable bonds is 8. The van der Waals surface area contributed by atoms with E-state index < -0.39 is 16.0 Å². The highest BCUT2D eigenvalue weighted by Crippen LogP contribution is 2.14. The number of hydrogen-bond donors (Lipinski definition) is 1. The molecule has 2 aromatic carbocycles. The van der Waals surface area contributed by atoms with Crippen molar-refractivity contribution in [3.05, 3.63) is 65.7 Å². The highest BCUT2D eigenvalue weighted by Gasteiger charge is 2.12. The van der Waals surface area contributed by atoms with Crippen LogP contribution in [0.2, 0.25) is 0 Å². The minimum Gasteiger partial charge on any atom is -0.462 e. The first-order valence-corrected chi connectivity index (χ1v) is 9.47. The second-order valence-electron chi connectivity index (χ2n) is 5.41. The van der Waals surface area contributed by atoms with Crippen LogP contribution in [-0.2, 0) is 20.5 Å². The van der Waals surface area contributed by atoms with Gasteiger partial charge in [-0.3, -0.25) is 4.72 Å². The van der Waals surface area contributed by atoms with Gasteiger partial charge in [0.1, 0.15) is 0 Å². The van der Waals surface area contributed by atoms with Crippen LogP contribution in [-0.4, -0.2) is 21.0 Å². The highest BCUT2D eigenvalue weighted by atomic mass is 32.2. The van der Waals surface area contributed by atoms with E-state index in [1.54, 1.807) is 48.5 Å². The summed E-state index contributed by atoms with van der Waals surface area (Å²) < 4.78 is 31.9. The Labute approximate surface area is 142 Å². The molecule has 6 heteroatoms. The Bertz CT molecular complexity index is 755. The molecular weight excluding hydrogens is 326 g/mol. The molecule has 0 aliphatic heterocycles. The number of sulfonamides is 1. The average molecular weight is 347 g/mol. The van der Waals surface area contributed by atoms with Gasteiger partial charge in [0.05, 0.1) is 17.9 Å². The van der Waals surface area contributed by atoms with Crippen LogP contribution in [0.1, 0.15) is 35.7 Å². The van der Waals surface area contributed by atoms with Gasteiger partial charge in [-0.15, -0.1) is 0 Å². The van der Waals surface area contributed by atoms with E-state index in [1.807, 2.05) is 13.0 Å². The van der Waals surface area contributed by atoms with Gasteiger partial charge in [0.25, 0.3) is 0 Å². The molecule has 0 fully saturated rings. The fourth-order valence-corrected chi connectivity index (χ4v) is 3.27. The summed E-state index contributed by atoms with van der Waals surface area (Å²) in [6.07, 6.45) is 1.78. The molecule has 0 aliphatic carbocycles. The molecule has 0 saturated heterocycles. The maximum Gasteiger partial charge on any atom is 0.338 e. The molecule has 128 valence electrons. The van der Waals surface area contributed by atoms with Crippen molar-refractivity contribution in [2.45, 2.75) is 25.5 Å². The lowest BCUT2D eigenvalue weighted by atomic mass is 10.2. The second kappa shape index (κ2) is 8.49. The van der Waals surface area contributed by atoms with Gasteiger partial charge < -0.3 is 4.74 Å². The summed E-state index contributed by atoms with van der Waals surface area (Å²) in [5, 5.41) is 0. The van der Waals surface area contributed by atoms with Crippen molar-refractivity contribution in [3.8, 4) is 0 Å². The molecule has 0 unspecified atom stereocenters.